The Balaban J connectivity index is 2.83. The topological polar surface area (TPSA) is 46.2 Å². The van der Waals surface area contributed by atoms with Gasteiger partial charge in [0.25, 0.3) is 0 Å². The van der Waals surface area contributed by atoms with E-state index in [0.29, 0.717) is 5.88 Å². The molecule has 0 atom stereocenters. The molecule has 0 aromatic heterocycles. The summed E-state index contributed by atoms with van der Waals surface area (Å²) in [5.41, 5.74) is -0.345. The van der Waals surface area contributed by atoms with Crippen LogP contribution in [0.15, 0.2) is 29.2 Å². The van der Waals surface area contributed by atoms with Crippen LogP contribution in [0.2, 0.25) is 0 Å². The molecule has 0 fully saturated rings. The number of nitrogens with one attached hydrogen (secondary N) is 1. The Morgan fingerprint density at radius 1 is 1.41 bits per heavy atom. The van der Waals surface area contributed by atoms with E-state index in [0.717, 1.165) is 6.07 Å². The standard InChI is InChI=1S/C11H15ClFNO2S/c1-11(2,7-12)8-14-17(15,16)10-5-3-4-9(13)6-10/h3-6,14H,7-8H2,1-2H3. The zero-order chi connectivity index (χ0) is 13.1. The molecule has 0 unspecified atom stereocenters. The second-order valence-electron chi connectivity index (χ2n) is 4.58. The van der Waals surface area contributed by atoms with E-state index < -0.39 is 15.8 Å². The molecular weight excluding hydrogens is 265 g/mol. The Hall–Kier alpha value is -0.650. The number of hydrogen-bond acceptors (Lipinski definition) is 2. The lowest BCUT2D eigenvalue weighted by Crippen LogP contribution is -2.35. The summed E-state index contributed by atoms with van der Waals surface area (Å²) < 4.78 is 39.0. The van der Waals surface area contributed by atoms with Crippen LogP contribution in [0.25, 0.3) is 0 Å². The van der Waals surface area contributed by atoms with Crippen molar-refractivity contribution in [2.24, 2.45) is 5.41 Å². The van der Waals surface area contributed by atoms with Crippen molar-refractivity contribution in [3.8, 4) is 0 Å². The third-order valence-electron chi connectivity index (χ3n) is 2.21. The molecule has 1 aromatic rings. The average molecular weight is 280 g/mol. The predicted molar refractivity (Wildman–Crippen MR) is 66.1 cm³/mol. The van der Waals surface area contributed by atoms with Crippen molar-refractivity contribution < 1.29 is 12.8 Å². The fourth-order valence-electron chi connectivity index (χ4n) is 1.06. The quantitative estimate of drug-likeness (QED) is 0.841. The summed E-state index contributed by atoms with van der Waals surface area (Å²) >= 11 is 5.70. The van der Waals surface area contributed by atoms with Crippen molar-refractivity contribution in [2.75, 3.05) is 12.4 Å². The van der Waals surface area contributed by atoms with E-state index in [9.17, 15) is 12.8 Å². The molecule has 0 saturated heterocycles. The molecule has 0 bridgehead atoms. The molecule has 0 aliphatic rings. The van der Waals surface area contributed by atoms with E-state index in [-0.39, 0.29) is 16.9 Å². The van der Waals surface area contributed by atoms with Gasteiger partial charge in [-0.05, 0) is 23.6 Å². The van der Waals surface area contributed by atoms with Gasteiger partial charge in [-0.2, -0.15) is 0 Å². The van der Waals surface area contributed by atoms with Crippen LogP contribution in [0.5, 0.6) is 0 Å². The highest BCUT2D eigenvalue weighted by atomic mass is 35.5. The van der Waals surface area contributed by atoms with Gasteiger partial charge in [0.2, 0.25) is 10.0 Å². The molecule has 1 aromatic carbocycles. The van der Waals surface area contributed by atoms with Gasteiger partial charge in [-0.15, -0.1) is 11.6 Å². The summed E-state index contributed by atoms with van der Waals surface area (Å²) in [7, 11) is -3.67. The van der Waals surface area contributed by atoms with Crippen molar-refractivity contribution in [1.29, 1.82) is 0 Å². The number of alkyl halides is 1. The molecule has 0 saturated carbocycles. The third-order valence-corrected chi connectivity index (χ3v) is 4.33. The van der Waals surface area contributed by atoms with Crippen LogP contribution in [0.1, 0.15) is 13.8 Å². The fraction of sp³-hybridized carbons (Fsp3) is 0.455. The van der Waals surface area contributed by atoms with Crippen molar-refractivity contribution in [1.82, 2.24) is 4.72 Å². The summed E-state index contributed by atoms with van der Waals surface area (Å²) in [5.74, 6) is -0.247. The van der Waals surface area contributed by atoms with Gasteiger partial charge in [0.1, 0.15) is 5.82 Å². The Labute approximate surface area is 106 Å². The number of hydrogen-bond donors (Lipinski definition) is 1. The van der Waals surface area contributed by atoms with Crippen LogP contribution in [-0.2, 0) is 10.0 Å². The van der Waals surface area contributed by atoms with Crippen LogP contribution < -0.4 is 4.72 Å². The summed E-state index contributed by atoms with van der Waals surface area (Å²) in [5, 5.41) is 0. The van der Waals surface area contributed by atoms with E-state index >= 15 is 0 Å². The van der Waals surface area contributed by atoms with E-state index in [4.69, 9.17) is 11.6 Å². The molecule has 0 radical (unpaired) electrons. The van der Waals surface area contributed by atoms with Gasteiger partial charge < -0.3 is 0 Å². The first-order chi connectivity index (χ1) is 7.77. The maximum absolute atomic E-state index is 12.9. The van der Waals surface area contributed by atoms with Gasteiger partial charge in [0.15, 0.2) is 0 Å². The lowest BCUT2D eigenvalue weighted by Gasteiger charge is -2.21. The highest BCUT2D eigenvalue weighted by Gasteiger charge is 2.21. The zero-order valence-electron chi connectivity index (χ0n) is 9.70. The van der Waals surface area contributed by atoms with Crippen LogP contribution >= 0.6 is 11.6 Å². The molecular formula is C11H15ClFNO2S. The molecule has 0 aliphatic carbocycles. The van der Waals surface area contributed by atoms with E-state index in [1.807, 2.05) is 13.8 Å². The molecule has 0 heterocycles. The third kappa shape index (κ3) is 4.26. The molecule has 0 amide bonds. The maximum atomic E-state index is 12.9. The zero-order valence-corrected chi connectivity index (χ0v) is 11.3. The summed E-state index contributed by atoms with van der Waals surface area (Å²) in [6.07, 6.45) is 0. The highest BCUT2D eigenvalue weighted by molar-refractivity contribution is 7.89. The first kappa shape index (κ1) is 14.4. The number of rotatable bonds is 5. The minimum absolute atomic E-state index is 0.0807. The molecule has 96 valence electrons. The molecule has 3 nitrogen and oxygen atoms in total. The Kier molecular flexibility index (Phi) is 4.52. The first-order valence-corrected chi connectivity index (χ1v) is 7.10. The van der Waals surface area contributed by atoms with Crippen molar-refractivity contribution in [3.63, 3.8) is 0 Å². The maximum Gasteiger partial charge on any atom is 0.240 e. The Morgan fingerprint density at radius 3 is 2.59 bits per heavy atom. The molecule has 17 heavy (non-hydrogen) atoms. The monoisotopic (exact) mass is 279 g/mol. The lowest BCUT2D eigenvalue weighted by atomic mass is 9.97. The SMILES string of the molecule is CC(C)(CCl)CNS(=O)(=O)c1cccc(F)c1. The second-order valence-corrected chi connectivity index (χ2v) is 6.61. The number of sulfonamides is 1. The van der Waals surface area contributed by atoms with Crippen molar-refractivity contribution >= 4 is 21.6 Å². The lowest BCUT2D eigenvalue weighted by molar-refractivity contribution is 0.414. The van der Waals surface area contributed by atoms with Gasteiger partial charge >= 0.3 is 0 Å². The summed E-state index contributed by atoms with van der Waals surface area (Å²) in [4.78, 5) is -0.0807. The van der Waals surface area contributed by atoms with Crippen LogP contribution in [0, 0.1) is 11.2 Å². The van der Waals surface area contributed by atoms with E-state index in [1.165, 1.54) is 18.2 Å². The molecule has 1 rings (SSSR count). The Morgan fingerprint density at radius 2 is 2.06 bits per heavy atom. The minimum atomic E-state index is -3.67. The second kappa shape index (κ2) is 5.33. The molecule has 6 heteroatoms. The van der Waals surface area contributed by atoms with E-state index in [2.05, 4.69) is 4.72 Å². The molecule has 0 spiro atoms. The summed E-state index contributed by atoms with van der Waals surface area (Å²) in [6, 6.07) is 4.88. The van der Waals surface area contributed by atoms with Crippen LogP contribution in [0.3, 0.4) is 0 Å². The first-order valence-electron chi connectivity index (χ1n) is 5.08. The normalized spacial score (nSPS) is 12.7. The highest BCUT2D eigenvalue weighted by Crippen LogP contribution is 2.17. The average Bonchev–Trinajstić information content (AvgIpc) is 2.27. The van der Waals surface area contributed by atoms with Gasteiger partial charge in [-0.25, -0.2) is 17.5 Å². The van der Waals surface area contributed by atoms with Gasteiger partial charge in [0.05, 0.1) is 4.90 Å². The predicted octanol–water partition coefficient (Wildman–Crippen LogP) is 2.37. The molecule has 0 aliphatic heterocycles. The fourth-order valence-corrected chi connectivity index (χ4v) is 2.42. The van der Waals surface area contributed by atoms with Crippen molar-refractivity contribution in [2.45, 2.75) is 18.7 Å². The largest absolute Gasteiger partial charge is 0.240 e. The number of benzene rings is 1. The Bertz CT molecular complexity index is 488. The van der Waals surface area contributed by atoms with Crippen molar-refractivity contribution in [3.05, 3.63) is 30.1 Å². The van der Waals surface area contributed by atoms with Gasteiger partial charge in [0, 0.05) is 12.4 Å². The van der Waals surface area contributed by atoms with Crippen LogP contribution in [-0.4, -0.2) is 20.8 Å². The van der Waals surface area contributed by atoms with Gasteiger partial charge in [-0.3, -0.25) is 0 Å². The molecule has 1 N–H and O–H groups in total. The van der Waals surface area contributed by atoms with E-state index in [1.54, 1.807) is 0 Å². The van der Waals surface area contributed by atoms with Gasteiger partial charge in [-0.1, -0.05) is 19.9 Å². The van der Waals surface area contributed by atoms with Crippen LogP contribution in [0.4, 0.5) is 4.39 Å². The summed E-state index contributed by atoms with van der Waals surface area (Å²) in [6.45, 7) is 3.89. The number of halogens is 2. The minimum Gasteiger partial charge on any atom is -0.211 e. The smallest absolute Gasteiger partial charge is 0.211 e.